The van der Waals surface area contributed by atoms with Crippen LogP contribution in [0.5, 0.6) is 0 Å². The van der Waals surface area contributed by atoms with Crippen LogP contribution in [0.2, 0.25) is 0 Å². The Labute approximate surface area is 126 Å². The van der Waals surface area contributed by atoms with Crippen LogP contribution in [0.4, 0.5) is 0 Å². The molecule has 0 radical (unpaired) electrons. The molecule has 0 aliphatic heterocycles. The first-order valence-corrected chi connectivity index (χ1v) is 7.81. The maximum atomic E-state index is 12.2. The second-order valence-corrected chi connectivity index (χ2v) is 6.72. The summed E-state index contributed by atoms with van der Waals surface area (Å²) in [6.07, 6.45) is 4.08. The Hall–Kier alpha value is -1.48. The van der Waals surface area contributed by atoms with Gasteiger partial charge in [0.2, 0.25) is 0 Å². The van der Waals surface area contributed by atoms with Gasteiger partial charge in [0, 0.05) is 18.4 Å². The number of hydrogen-bond acceptors (Lipinski definition) is 3. The number of hydrogen-bond donors (Lipinski definition) is 0. The van der Waals surface area contributed by atoms with E-state index in [1.807, 2.05) is 6.07 Å². The topological polar surface area (TPSA) is 37.4 Å². The van der Waals surface area contributed by atoms with E-state index in [0.717, 1.165) is 12.8 Å². The summed E-state index contributed by atoms with van der Waals surface area (Å²) in [6, 6.07) is 10.5. The summed E-state index contributed by atoms with van der Waals surface area (Å²) < 4.78 is 0. The Morgan fingerprint density at radius 1 is 0.857 bits per heavy atom. The smallest absolute Gasteiger partial charge is 0.146 e. The second kappa shape index (κ2) is 5.06. The highest BCUT2D eigenvalue weighted by atomic mass is 16.2. The molecule has 2 saturated carbocycles. The van der Waals surface area contributed by atoms with Crippen molar-refractivity contribution in [2.45, 2.75) is 44.1 Å². The minimum atomic E-state index is -0.645. The Bertz CT molecular complexity index is 536. The summed E-state index contributed by atoms with van der Waals surface area (Å²) in [4.78, 5) is 26.8. The zero-order valence-electron chi connectivity index (χ0n) is 12.9. The van der Waals surface area contributed by atoms with Gasteiger partial charge in [-0.2, -0.15) is 0 Å². The highest BCUT2D eigenvalue weighted by Crippen LogP contribution is 2.51. The van der Waals surface area contributed by atoms with Crippen LogP contribution in [0, 0.1) is 5.41 Å². The number of carbonyl (C=O) groups is 2. The highest BCUT2D eigenvalue weighted by molar-refractivity contribution is 6.12. The molecule has 1 aromatic carbocycles. The van der Waals surface area contributed by atoms with Crippen molar-refractivity contribution in [3.05, 3.63) is 35.9 Å². The molecule has 0 bridgehead atoms. The number of carbonyl (C=O) groups excluding carboxylic acids is 2. The Morgan fingerprint density at radius 2 is 1.38 bits per heavy atom. The van der Waals surface area contributed by atoms with E-state index in [1.54, 1.807) is 0 Å². The lowest BCUT2D eigenvalue weighted by Gasteiger charge is -2.48. The second-order valence-electron chi connectivity index (χ2n) is 6.72. The quantitative estimate of drug-likeness (QED) is 0.784. The van der Waals surface area contributed by atoms with Crippen LogP contribution in [0.15, 0.2) is 30.3 Å². The fourth-order valence-electron chi connectivity index (χ4n) is 4.25. The van der Waals surface area contributed by atoms with Gasteiger partial charge in [0.25, 0.3) is 0 Å². The van der Waals surface area contributed by atoms with E-state index in [1.165, 1.54) is 5.56 Å². The maximum Gasteiger partial charge on any atom is 0.146 e. The minimum absolute atomic E-state index is 0.0460. The summed E-state index contributed by atoms with van der Waals surface area (Å²) in [5, 5.41) is 0. The van der Waals surface area contributed by atoms with Crippen molar-refractivity contribution in [2.24, 2.45) is 5.41 Å². The third-order valence-electron chi connectivity index (χ3n) is 5.74. The average molecular weight is 285 g/mol. The van der Waals surface area contributed by atoms with E-state index in [0.29, 0.717) is 25.7 Å². The van der Waals surface area contributed by atoms with Crippen LogP contribution in [0.25, 0.3) is 0 Å². The Balaban J connectivity index is 1.91. The number of rotatable bonds is 2. The van der Waals surface area contributed by atoms with E-state index in [2.05, 4.69) is 43.3 Å². The van der Waals surface area contributed by atoms with Crippen molar-refractivity contribution in [2.75, 3.05) is 14.1 Å². The molecule has 0 atom stereocenters. The van der Waals surface area contributed by atoms with Gasteiger partial charge >= 0.3 is 0 Å². The SMILES string of the molecule is CN(C)C1(c2ccccc2)CCC2(CC1)C(=O)CCC2=O. The van der Waals surface area contributed by atoms with Gasteiger partial charge in [-0.15, -0.1) is 0 Å². The van der Waals surface area contributed by atoms with Gasteiger partial charge in [0.15, 0.2) is 0 Å². The van der Waals surface area contributed by atoms with Gasteiger partial charge in [0.05, 0.1) is 5.41 Å². The fraction of sp³-hybridized carbons (Fsp3) is 0.556. The summed E-state index contributed by atoms with van der Waals surface area (Å²) in [6.45, 7) is 0. The van der Waals surface area contributed by atoms with Crippen LogP contribution >= 0.6 is 0 Å². The zero-order valence-corrected chi connectivity index (χ0v) is 12.9. The first-order chi connectivity index (χ1) is 10.0. The molecule has 112 valence electrons. The molecule has 2 aliphatic rings. The van der Waals surface area contributed by atoms with E-state index < -0.39 is 5.41 Å². The van der Waals surface area contributed by atoms with Gasteiger partial charge < -0.3 is 0 Å². The van der Waals surface area contributed by atoms with Crippen molar-refractivity contribution < 1.29 is 9.59 Å². The predicted octanol–water partition coefficient (Wildman–Crippen LogP) is 2.94. The number of Topliss-reactive ketones (excluding diaryl/α,β-unsaturated/α-hetero) is 2. The lowest BCUT2D eigenvalue weighted by atomic mass is 9.63. The van der Waals surface area contributed by atoms with E-state index in [4.69, 9.17) is 0 Å². The molecule has 3 rings (SSSR count). The molecular formula is C18H23NO2. The van der Waals surface area contributed by atoms with E-state index >= 15 is 0 Å². The van der Waals surface area contributed by atoms with Crippen LogP contribution in [0.3, 0.4) is 0 Å². The Morgan fingerprint density at radius 3 is 1.86 bits per heavy atom. The maximum absolute atomic E-state index is 12.2. The summed E-state index contributed by atoms with van der Waals surface area (Å²) >= 11 is 0. The van der Waals surface area contributed by atoms with Crippen LogP contribution < -0.4 is 0 Å². The number of nitrogens with zero attached hydrogens (tertiary/aromatic N) is 1. The molecule has 3 nitrogen and oxygen atoms in total. The molecule has 3 heteroatoms. The van der Waals surface area contributed by atoms with Crippen LogP contribution in [-0.4, -0.2) is 30.6 Å². The van der Waals surface area contributed by atoms with Crippen LogP contribution in [-0.2, 0) is 15.1 Å². The van der Waals surface area contributed by atoms with Gasteiger partial charge in [-0.3, -0.25) is 14.5 Å². The number of benzene rings is 1. The lowest BCUT2D eigenvalue weighted by Crippen LogP contribution is -2.49. The first-order valence-electron chi connectivity index (χ1n) is 7.81. The molecule has 0 N–H and O–H groups in total. The molecule has 0 unspecified atom stereocenters. The van der Waals surface area contributed by atoms with E-state index in [9.17, 15) is 9.59 Å². The molecule has 21 heavy (non-hydrogen) atoms. The monoisotopic (exact) mass is 285 g/mol. The largest absolute Gasteiger partial charge is 0.300 e. The van der Waals surface area contributed by atoms with Crippen molar-refractivity contribution in [3.63, 3.8) is 0 Å². The molecule has 0 amide bonds. The standard InChI is InChI=1S/C18H23NO2/c1-19(2)18(14-6-4-3-5-7-14)12-10-17(11-13-18)15(20)8-9-16(17)21/h3-7H,8-13H2,1-2H3. The van der Waals surface area contributed by atoms with Crippen molar-refractivity contribution in [1.29, 1.82) is 0 Å². The average Bonchev–Trinajstić information content (AvgIpc) is 2.78. The van der Waals surface area contributed by atoms with Crippen molar-refractivity contribution in [3.8, 4) is 0 Å². The molecule has 0 aromatic heterocycles. The fourth-order valence-corrected chi connectivity index (χ4v) is 4.25. The van der Waals surface area contributed by atoms with Gasteiger partial charge in [-0.05, 0) is 45.3 Å². The minimum Gasteiger partial charge on any atom is -0.300 e. The molecule has 1 aromatic rings. The summed E-state index contributed by atoms with van der Waals surface area (Å²) in [5.41, 5.74) is 0.604. The molecule has 1 spiro atoms. The molecule has 0 saturated heterocycles. The first kappa shape index (κ1) is 14.5. The summed E-state index contributed by atoms with van der Waals surface area (Å²) in [5.74, 6) is 0.376. The third-order valence-corrected chi connectivity index (χ3v) is 5.74. The predicted molar refractivity (Wildman–Crippen MR) is 82.0 cm³/mol. The van der Waals surface area contributed by atoms with Crippen LogP contribution in [0.1, 0.15) is 44.1 Å². The van der Waals surface area contributed by atoms with E-state index in [-0.39, 0.29) is 17.1 Å². The van der Waals surface area contributed by atoms with Gasteiger partial charge in [-0.25, -0.2) is 0 Å². The van der Waals surface area contributed by atoms with Gasteiger partial charge in [-0.1, -0.05) is 30.3 Å². The number of ketones is 2. The summed E-state index contributed by atoms with van der Waals surface area (Å²) in [7, 11) is 4.20. The van der Waals surface area contributed by atoms with Gasteiger partial charge in [0.1, 0.15) is 11.6 Å². The molecule has 2 fully saturated rings. The van der Waals surface area contributed by atoms with Crippen molar-refractivity contribution >= 4 is 11.6 Å². The molecule has 0 heterocycles. The van der Waals surface area contributed by atoms with Crippen molar-refractivity contribution in [1.82, 2.24) is 4.90 Å². The lowest BCUT2D eigenvalue weighted by molar-refractivity contribution is -0.139. The molecular weight excluding hydrogens is 262 g/mol. The normalized spacial score (nSPS) is 24.0. The highest BCUT2D eigenvalue weighted by Gasteiger charge is 2.54. The zero-order chi connectivity index (χ0) is 15.1. The third kappa shape index (κ3) is 2.06. The Kier molecular flexibility index (Phi) is 3.48. The molecule has 2 aliphatic carbocycles.